The van der Waals surface area contributed by atoms with Gasteiger partial charge < -0.3 is 18.9 Å². The number of carbonyl (C=O) groups is 1. The van der Waals surface area contributed by atoms with E-state index in [2.05, 4.69) is 4.74 Å². The van der Waals surface area contributed by atoms with Crippen LogP contribution in [0, 0.1) is 0 Å². The first kappa shape index (κ1) is 18.3. The van der Waals surface area contributed by atoms with Crippen LogP contribution >= 0.6 is 11.6 Å². The number of benzene rings is 1. The minimum atomic E-state index is -4.81. The van der Waals surface area contributed by atoms with Crippen LogP contribution in [-0.2, 0) is 9.53 Å². The van der Waals surface area contributed by atoms with E-state index in [1.807, 2.05) is 0 Å². The van der Waals surface area contributed by atoms with E-state index in [-0.39, 0.29) is 34.4 Å². The third-order valence-electron chi connectivity index (χ3n) is 3.25. The second-order valence-electron chi connectivity index (χ2n) is 4.70. The Bertz CT molecular complexity index is 685. The smallest absolute Gasteiger partial charge is 0.430 e. The lowest BCUT2D eigenvalue weighted by molar-refractivity contribution is -0.187. The first-order chi connectivity index (χ1) is 11.2. The monoisotopic (exact) mass is 366 g/mol. The molecule has 5 nitrogen and oxygen atoms in total. The molecule has 1 unspecified atom stereocenters. The average molecular weight is 367 g/mol. The summed E-state index contributed by atoms with van der Waals surface area (Å²) in [6.07, 6.45) is -6.27. The number of fused-ring (bicyclic) bond motifs is 1. The summed E-state index contributed by atoms with van der Waals surface area (Å²) >= 11 is 6.16. The van der Waals surface area contributed by atoms with Crippen molar-refractivity contribution in [2.75, 3.05) is 20.8 Å². The highest BCUT2D eigenvalue weighted by Gasteiger charge is 2.49. The summed E-state index contributed by atoms with van der Waals surface area (Å²) in [4.78, 5) is 11.9. The van der Waals surface area contributed by atoms with Crippen molar-refractivity contribution in [1.82, 2.24) is 0 Å². The molecule has 1 aromatic rings. The maximum Gasteiger partial charge on any atom is 0.430 e. The van der Waals surface area contributed by atoms with Crippen LogP contribution < -0.4 is 14.2 Å². The number of halogens is 4. The molecule has 0 amide bonds. The molecule has 1 aromatic carbocycles. The molecular formula is C15H14ClF3O5. The Balaban J connectivity index is 2.65. The summed E-state index contributed by atoms with van der Waals surface area (Å²) in [5, 5.41) is -0.0331. The first-order valence-corrected chi connectivity index (χ1v) is 7.18. The Morgan fingerprint density at radius 1 is 1.33 bits per heavy atom. The minimum absolute atomic E-state index is 0.0331. The van der Waals surface area contributed by atoms with Crippen molar-refractivity contribution in [1.29, 1.82) is 0 Å². The van der Waals surface area contributed by atoms with Crippen molar-refractivity contribution in [2.24, 2.45) is 0 Å². The average Bonchev–Trinajstić information content (AvgIpc) is 2.52. The maximum absolute atomic E-state index is 13.3. The second-order valence-corrected chi connectivity index (χ2v) is 5.08. The number of alkyl halides is 3. The van der Waals surface area contributed by atoms with Gasteiger partial charge in [0.25, 0.3) is 0 Å². The molecule has 0 radical (unpaired) electrons. The number of rotatable bonds is 4. The number of hydrogen-bond donors (Lipinski definition) is 0. The van der Waals surface area contributed by atoms with Crippen LogP contribution in [0.3, 0.4) is 0 Å². The zero-order chi connectivity index (χ0) is 18.1. The lowest BCUT2D eigenvalue weighted by atomic mass is 10.0. The molecule has 1 aliphatic heterocycles. The molecule has 1 atom stereocenters. The molecular weight excluding hydrogens is 353 g/mol. The third kappa shape index (κ3) is 3.24. The summed E-state index contributed by atoms with van der Waals surface area (Å²) in [6.45, 7) is 1.41. The SMILES string of the molecule is CCOC(=O)C1=Cc2c(cc(OC)c(OC)c2Cl)OC1C(F)(F)F. The molecule has 24 heavy (non-hydrogen) atoms. The fraction of sp³-hybridized carbons (Fsp3) is 0.400. The van der Waals surface area contributed by atoms with Gasteiger partial charge in [0.15, 0.2) is 11.5 Å². The number of esters is 1. The number of carbonyl (C=O) groups excluding carboxylic acids is 1. The van der Waals surface area contributed by atoms with Crippen molar-refractivity contribution in [3.8, 4) is 17.2 Å². The van der Waals surface area contributed by atoms with E-state index in [1.165, 1.54) is 27.2 Å². The normalized spacial score (nSPS) is 16.6. The number of ether oxygens (including phenoxy) is 4. The Hall–Kier alpha value is -2.09. The molecule has 0 fully saturated rings. The Labute approximate surface area is 140 Å². The molecule has 0 aromatic heterocycles. The molecule has 0 bridgehead atoms. The number of methoxy groups -OCH3 is 2. The van der Waals surface area contributed by atoms with E-state index in [0.717, 1.165) is 6.08 Å². The van der Waals surface area contributed by atoms with E-state index in [4.69, 9.17) is 25.8 Å². The number of hydrogen-bond acceptors (Lipinski definition) is 5. The van der Waals surface area contributed by atoms with Gasteiger partial charge in [-0.3, -0.25) is 0 Å². The highest BCUT2D eigenvalue weighted by molar-refractivity contribution is 6.34. The standard InChI is InChI=1S/C15H14ClF3O5/c1-4-23-14(20)8-5-7-9(24-13(8)15(17,18)19)6-10(21-2)12(22-3)11(7)16/h5-6,13H,4H2,1-3H3. The zero-order valence-electron chi connectivity index (χ0n) is 13.0. The van der Waals surface area contributed by atoms with Gasteiger partial charge in [-0.25, -0.2) is 4.79 Å². The highest BCUT2D eigenvalue weighted by atomic mass is 35.5. The molecule has 0 N–H and O–H groups in total. The fourth-order valence-corrected chi connectivity index (χ4v) is 2.54. The fourth-order valence-electron chi connectivity index (χ4n) is 2.22. The van der Waals surface area contributed by atoms with Crippen molar-refractivity contribution in [2.45, 2.75) is 19.2 Å². The van der Waals surface area contributed by atoms with E-state index < -0.39 is 23.8 Å². The van der Waals surface area contributed by atoms with Crippen molar-refractivity contribution in [3.05, 3.63) is 22.2 Å². The van der Waals surface area contributed by atoms with Gasteiger partial charge in [-0.15, -0.1) is 0 Å². The molecule has 0 saturated heterocycles. The predicted molar refractivity (Wildman–Crippen MR) is 79.6 cm³/mol. The van der Waals surface area contributed by atoms with E-state index in [9.17, 15) is 18.0 Å². The minimum Gasteiger partial charge on any atom is -0.493 e. The van der Waals surface area contributed by atoms with Crippen LogP contribution in [0.25, 0.3) is 6.08 Å². The molecule has 1 heterocycles. The first-order valence-electron chi connectivity index (χ1n) is 6.81. The molecule has 0 spiro atoms. The zero-order valence-corrected chi connectivity index (χ0v) is 13.7. The van der Waals surface area contributed by atoms with Crippen LogP contribution in [0.2, 0.25) is 5.02 Å². The predicted octanol–water partition coefficient (Wildman–Crippen LogP) is 3.63. The largest absolute Gasteiger partial charge is 0.493 e. The van der Waals surface area contributed by atoms with Gasteiger partial charge in [0.1, 0.15) is 5.75 Å². The van der Waals surface area contributed by atoms with Gasteiger partial charge in [-0.2, -0.15) is 13.2 Å². The van der Waals surface area contributed by atoms with E-state index >= 15 is 0 Å². The molecule has 2 rings (SSSR count). The molecule has 0 saturated carbocycles. The molecule has 132 valence electrons. The summed E-state index contributed by atoms with van der Waals surface area (Å²) in [6, 6.07) is 1.22. The van der Waals surface area contributed by atoms with E-state index in [1.54, 1.807) is 0 Å². The van der Waals surface area contributed by atoms with Crippen LogP contribution in [-0.4, -0.2) is 39.1 Å². The van der Waals surface area contributed by atoms with Crippen LogP contribution in [0.15, 0.2) is 11.6 Å². The van der Waals surface area contributed by atoms with Crippen LogP contribution in [0.1, 0.15) is 12.5 Å². The topological polar surface area (TPSA) is 54.0 Å². The Morgan fingerprint density at radius 2 is 2.00 bits per heavy atom. The summed E-state index contributed by atoms with van der Waals surface area (Å²) < 4.78 is 59.5. The van der Waals surface area contributed by atoms with Crippen molar-refractivity contribution < 1.29 is 36.9 Å². The van der Waals surface area contributed by atoms with E-state index in [0.29, 0.717) is 0 Å². The van der Waals surface area contributed by atoms with Crippen molar-refractivity contribution >= 4 is 23.6 Å². The van der Waals surface area contributed by atoms with Gasteiger partial charge >= 0.3 is 12.1 Å². The summed E-state index contributed by atoms with van der Waals surface area (Å²) in [5.74, 6) is -1.08. The lowest BCUT2D eigenvalue weighted by Crippen LogP contribution is -2.40. The van der Waals surface area contributed by atoms with Gasteiger partial charge in [-0.05, 0) is 13.0 Å². The second kappa shape index (κ2) is 6.80. The van der Waals surface area contributed by atoms with Crippen LogP contribution in [0.5, 0.6) is 17.2 Å². The molecule has 9 heteroatoms. The molecule has 0 aliphatic carbocycles. The highest BCUT2D eigenvalue weighted by Crippen LogP contribution is 2.47. The van der Waals surface area contributed by atoms with Gasteiger partial charge in [0.05, 0.1) is 31.4 Å². The molecule has 1 aliphatic rings. The third-order valence-corrected chi connectivity index (χ3v) is 3.62. The van der Waals surface area contributed by atoms with Gasteiger partial charge in [-0.1, -0.05) is 11.6 Å². The van der Waals surface area contributed by atoms with Crippen molar-refractivity contribution in [3.63, 3.8) is 0 Å². The van der Waals surface area contributed by atoms with Gasteiger partial charge in [0.2, 0.25) is 6.10 Å². The lowest BCUT2D eigenvalue weighted by Gasteiger charge is -2.29. The quantitative estimate of drug-likeness (QED) is 0.762. The van der Waals surface area contributed by atoms with Crippen LogP contribution in [0.4, 0.5) is 13.2 Å². The Morgan fingerprint density at radius 3 is 2.50 bits per heavy atom. The summed E-state index contributed by atoms with van der Waals surface area (Å²) in [7, 11) is 2.64. The maximum atomic E-state index is 13.3. The van der Waals surface area contributed by atoms with Gasteiger partial charge in [0, 0.05) is 11.6 Å². The Kier molecular flexibility index (Phi) is 5.17. The summed E-state index contributed by atoms with van der Waals surface area (Å²) in [5.41, 5.74) is -0.608.